The third-order valence-electron chi connectivity index (χ3n) is 5.69. The molecule has 4 rings (SSSR count). The number of nitrogens with zero attached hydrogens (tertiary/aromatic N) is 2. The average Bonchev–Trinajstić information content (AvgIpc) is 3.18. The fourth-order valence-electron chi connectivity index (χ4n) is 4.06. The zero-order chi connectivity index (χ0) is 26.7. The number of methoxy groups -OCH3 is 2. The van der Waals surface area contributed by atoms with Gasteiger partial charge in [0.1, 0.15) is 5.75 Å². The minimum absolute atomic E-state index is 0.195. The van der Waals surface area contributed by atoms with E-state index in [4.69, 9.17) is 18.9 Å². The molecule has 9 nitrogen and oxygen atoms in total. The number of carbonyl (C=O) groups excluding carboxylic acids is 2. The maximum atomic E-state index is 13.7. The van der Waals surface area contributed by atoms with Gasteiger partial charge in [0.15, 0.2) is 16.3 Å². The highest BCUT2D eigenvalue weighted by Crippen LogP contribution is 2.32. The third-order valence-corrected chi connectivity index (χ3v) is 6.67. The van der Waals surface area contributed by atoms with Gasteiger partial charge >= 0.3 is 11.9 Å². The molecule has 1 aromatic heterocycles. The van der Waals surface area contributed by atoms with Crippen LogP contribution in [0, 0.1) is 0 Å². The second-order valence-electron chi connectivity index (χ2n) is 8.08. The number of rotatable bonds is 7. The Morgan fingerprint density at radius 1 is 1.08 bits per heavy atom. The van der Waals surface area contributed by atoms with Gasteiger partial charge in [0, 0.05) is 6.92 Å². The standard InChI is InChI=1S/C27H26N2O7S/c1-6-35-26(32)23-15(2)28-27-29(24(23)18-8-10-19(33-4)11-9-18)25(31)22(37-27)14-17-7-12-20(36-16(3)30)21(13-17)34-5/h7-14,24H,6H2,1-5H3/b22-14+/t24-/m1/s1. The van der Waals surface area contributed by atoms with Crippen LogP contribution in [-0.4, -0.2) is 37.3 Å². The molecule has 0 spiro atoms. The van der Waals surface area contributed by atoms with Gasteiger partial charge in [-0.3, -0.25) is 14.2 Å². The van der Waals surface area contributed by atoms with E-state index in [1.807, 2.05) is 12.1 Å². The number of thiazole rings is 1. The van der Waals surface area contributed by atoms with Gasteiger partial charge in [0.25, 0.3) is 5.56 Å². The van der Waals surface area contributed by atoms with E-state index >= 15 is 0 Å². The van der Waals surface area contributed by atoms with Crippen molar-refractivity contribution in [3.8, 4) is 17.2 Å². The second-order valence-corrected chi connectivity index (χ2v) is 9.09. The molecule has 2 heterocycles. The van der Waals surface area contributed by atoms with Crippen LogP contribution in [-0.2, 0) is 14.3 Å². The van der Waals surface area contributed by atoms with Crippen LogP contribution in [0.2, 0.25) is 0 Å². The Balaban J connectivity index is 1.88. The number of allylic oxidation sites excluding steroid dienone is 1. The Hall–Kier alpha value is -4.18. The molecule has 3 aromatic rings. The summed E-state index contributed by atoms with van der Waals surface area (Å²) in [6, 6.07) is 11.5. The van der Waals surface area contributed by atoms with Gasteiger partial charge in [-0.25, -0.2) is 9.79 Å². The Morgan fingerprint density at radius 2 is 1.81 bits per heavy atom. The van der Waals surface area contributed by atoms with Gasteiger partial charge in [-0.1, -0.05) is 29.5 Å². The quantitative estimate of drug-likeness (QED) is 0.347. The Bertz CT molecular complexity index is 1570. The largest absolute Gasteiger partial charge is 0.497 e. The van der Waals surface area contributed by atoms with Gasteiger partial charge in [-0.2, -0.15) is 0 Å². The number of carbonyl (C=O) groups is 2. The van der Waals surface area contributed by atoms with E-state index in [1.54, 1.807) is 57.4 Å². The first-order valence-electron chi connectivity index (χ1n) is 11.5. The number of aromatic nitrogens is 1. The van der Waals surface area contributed by atoms with Crippen molar-refractivity contribution in [1.82, 2.24) is 4.57 Å². The monoisotopic (exact) mass is 522 g/mol. The molecule has 1 aliphatic heterocycles. The third kappa shape index (κ3) is 5.19. The summed E-state index contributed by atoms with van der Waals surface area (Å²) in [4.78, 5) is 43.1. The van der Waals surface area contributed by atoms with Gasteiger partial charge in [0.2, 0.25) is 0 Å². The van der Waals surface area contributed by atoms with Crippen LogP contribution in [0.15, 0.2) is 63.5 Å². The molecule has 10 heteroatoms. The van der Waals surface area contributed by atoms with Crippen molar-refractivity contribution >= 4 is 29.4 Å². The summed E-state index contributed by atoms with van der Waals surface area (Å²) >= 11 is 1.21. The van der Waals surface area contributed by atoms with E-state index in [2.05, 4.69) is 4.99 Å². The summed E-state index contributed by atoms with van der Waals surface area (Å²) in [6.45, 7) is 4.96. The van der Waals surface area contributed by atoms with Crippen LogP contribution in [0.5, 0.6) is 17.2 Å². The molecule has 0 saturated heterocycles. The molecule has 37 heavy (non-hydrogen) atoms. The molecule has 0 bridgehead atoms. The van der Waals surface area contributed by atoms with E-state index < -0.39 is 18.0 Å². The van der Waals surface area contributed by atoms with Crippen molar-refractivity contribution in [2.24, 2.45) is 4.99 Å². The number of hydrogen-bond acceptors (Lipinski definition) is 9. The molecule has 0 N–H and O–H groups in total. The van der Waals surface area contributed by atoms with Crippen molar-refractivity contribution in [2.45, 2.75) is 26.8 Å². The van der Waals surface area contributed by atoms with Crippen molar-refractivity contribution < 1.29 is 28.5 Å². The lowest BCUT2D eigenvalue weighted by Gasteiger charge is -2.24. The van der Waals surface area contributed by atoms with E-state index in [9.17, 15) is 14.4 Å². The van der Waals surface area contributed by atoms with E-state index in [1.165, 1.54) is 29.9 Å². The molecule has 0 saturated carbocycles. The van der Waals surface area contributed by atoms with Crippen molar-refractivity contribution in [2.75, 3.05) is 20.8 Å². The highest BCUT2D eigenvalue weighted by Gasteiger charge is 2.33. The van der Waals surface area contributed by atoms with Crippen LogP contribution in [0.1, 0.15) is 37.9 Å². The van der Waals surface area contributed by atoms with Crippen LogP contribution >= 0.6 is 11.3 Å². The highest BCUT2D eigenvalue weighted by molar-refractivity contribution is 7.07. The van der Waals surface area contributed by atoms with Gasteiger partial charge in [-0.15, -0.1) is 0 Å². The fraction of sp³-hybridized carbons (Fsp3) is 0.259. The van der Waals surface area contributed by atoms with Crippen molar-refractivity contribution in [1.29, 1.82) is 0 Å². The first-order valence-corrected chi connectivity index (χ1v) is 12.3. The van der Waals surface area contributed by atoms with Crippen molar-refractivity contribution in [3.05, 3.63) is 84.5 Å². The summed E-state index contributed by atoms with van der Waals surface area (Å²) in [5, 5.41) is 0. The minimum Gasteiger partial charge on any atom is -0.497 e. The van der Waals surface area contributed by atoms with Crippen molar-refractivity contribution in [3.63, 3.8) is 0 Å². The molecule has 2 aromatic carbocycles. The van der Waals surface area contributed by atoms with Gasteiger partial charge in [0.05, 0.1) is 42.7 Å². The molecule has 0 amide bonds. The molecule has 0 radical (unpaired) electrons. The maximum absolute atomic E-state index is 13.7. The lowest BCUT2D eigenvalue weighted by molar-refractivity contribution is -0.139. The predicted molar refractivity (Wildman–Crippen MR) is 138 cm³/mol. The summed E-state index contributed by atoms with van der Waals surface area (Å²) in [6.07, 6.45) is 1.71. The molecular formula is C27H26N2O7S. The van der Waals surface area contributed by atoms with Crippen LogP contribution in [0.4, 0.5) is 0 Å². The lowest BCUT2D eigenvalue weighted by Crippen LogP contribution is -2.39. The Morgan fingerprint density at radius 3 is 2.43 bits per heavy atom. The molecule has 1 aliphatic rings. The second kappa shape index (κ2) is 10.8. The van der Waals surface area contributed by atoms with Crippen LogP contribution < -0.4 is 29.1 Å². The maximum Gasteiger partial charge on any atom is 0.338 e. The molecule has 0 unspecified atom stereocenters. The number of fused-ring (bicyclic) bond motifs is 1. The Labute approximate surface area is 216 Å². The number of hydrogen-bond donors (Lipinski definition) is 0. The molecule has 192 valence electrons. The summed E-state index contributed by atoms with van der Waals surface area (Å²) in [7, 11) is 3.04. The summed E-state index contributed by atoms with van der Waals surface area (Å²) in [5.74, 6) is 0.298. The van der Waals surface area contributed by atoms with Gasteiger partial charge in [-0.05, 0) is 55.3 Å². The smallest absolute Gasteiger partial charge is 0.338 e. The van der Waals surface area contributed by atoms with E-state index in [0.717, 1.165) is 5.56 Å². The Kier molecular flexibility index (Phi) is 7.58. The molecule has 0 aliphatic carbocycles. The first-order chi connectivity index (χ1) is 17.8. The van der Waals surface area contributed by atoms with Crippen LogP contribution in [0.3, 0.4) is 0 Å². The van der Waals surface area contributed by atoms with Crippen LogP contribution in [0.25, 0.3) is 6.08 Å². The number of ether oxygens (including phenoxy) is 4. The summed E-state index contributed by atoms with van der Waals surface area (Å²) in [5.41, 5.74) is 1.87. The average molecular weight is 523 g/mol. The summed E-state index contributed by atoms with van der Waals surface area (Å²) < 4.78 is 23.0. The lowest BCUT2D eigenvalue weighted by atomic mass is 9.96. The first kappa shape index (κ1) is 25.9. The van der Waals surface area contributed by atoms with Gasteiger partial charge < -0.3 is 18.9 Å². The molecular weight excluding hydrogens is 496 g/mol. The predicted octanol–water partition coefficient (Wildman–Crippen LogP) is 2.74. The van der Waals surface area contributed by atoms with E-state index in [-0.39, 0.29) is 17.9 Å². The number of esters is 2. The SMILES string of the molecule is CCOC(=O)C1=C(C)N=c2s/c(=C/c3ccc(OC(C)=O)c(OC)c3)c(=O)n2[C@@H]1c1ccc(OC)cc1. The normalized spacial score (nSPS) is 15.1. The molecule has 1 atom stereocenters. The zero-order valence-corrected chi connectivity index (χ0v) is 21.9. The fourth-order valence-corrected chi connectivity index (χ4v) is 5.10. The zero-order valence-electron chi connectivity index (χ0n) is 21.1. The molecule has 0 fully saturated rings. The van der Waals surface area contributed by atoms with E-state index in [0.29, 0.717) is 37.7 Å². The number of benzene rings is 2. The topological polar surface area (TPSA) is 105 Å². The minimum atomic E-state index is -0.718. The highest BCUT2D eigenvalue weighted by atomic mass is 32.1.